The van der Waals surface area contributed by atoms with E-state index < -0.39 is 0 Å². The Balaban J connectivity index is 1.65. The summed E-state index contributed by atoms with van der Waals surface area (Å²) in [5, 5.41) is 4.02. The molecule has 3 aromatic rings. The van der Waals surface area contributed by atoms with Crippen LogP contribution in [0.4, 0.5) is 0 Å². The molecule has 1 fully saturated rings. The minimum absolute atomic E-state index is 0.147. The number of hydrogen-bond acceptors (Lipinski definition) is 6. The minimum Gasteiger partial charge on any atom is -0.465 e. The molecule has 8 heteroatoms. The largest absolute Gasteiger partial charge is 0.465 e. The number of furan rings is 1. The molecule has 1 N–H and O–H groups in total. The Kier molecular flexibility index (Phi) is 6.29. The van der Waals surface area contributed by atoms with Gasteiger partial charge in [-0.15, -0.1) is 0 Å². The predicted molar refractivity (Wildman–Crippen MR) is 120 cm³/mol. The molecule has 2 aromatic heterocycles. The maximum absolute atomic E-state index is 11.7. The van der Waals surface area contributed by atoms with Crippen LogP contribution in [0.15, 0.2) is 65.2 Å². The molecular formula is C23H23N3O4S. The van der Waals surface area contributed by atoms with Gasteiger partial charge >= 0.3 is 5.97 Å². The molecule has 3 heterocycles. The maximum Gasteiger partial charge on any atom is 0.337 e. The van der Waals surface area contributed by atoms with Crippen LogP contribution in [0, 0.1) is 0 Å². The van der Waals surface area contributed by atoms with Crippen molar-refractivity contribution in [3.8, 4) is 11.3 Å². The van der Waals surface area contributed by atoms with E-state index in [-0.39, 0.29) is 18.1 Å². The summed E-state index contributed by atoms with van der Waals surface area (Å²) in [7, 11) is 3.03. The van der Waals surface area contributed by atoms with E-state index in [1.54, 1.807) is 25.4 Å². The Labute approximate surface area is 186 Å². The first-order valence-electron chi connectivity index (χ1n) is 9.88. The van der Waals surface area contributed by atoms with Crippen molar-refractivity contribution in [3.05, 3.63) is 77.8 Å². The third-order valence-electron chi connectivity index (χ3n) is 5.24. The van der Waals surface area contributed by atoms with E-state index in [1.807, 2.05) is 42.5 Å². The number of rotatable bonds is 7. The molecule has 0 saturated carbocycles. The van der Waals surface area contributed by atoms with Crippen molar-refractivity contribution in [2.75, 3.05) is 27.4 Å². The molecule has 4 rings (SSSR count). The number of ether oxygens (including phenoxy) is 2. The van der Waals surface area contributed by atoms with Gasteiger partial charge < -0.3 is 24.1 Å². The molecule has 1 aliphatic heterocycles. The zero-order valence-electron chi connectivity index (χ0n) is 17.3. The number of nitrogens with zero attached hydrogens (tertiary/aromatic N) is 2. The second kappa shape index (κ2) is 9.28. The number of aromatic nitrogens is 1. The number of carbonyl (C=O) groups is 1. The van der Waals surface area contributed by atoms with Crippen molar-refractivity contribution in [1.82, 2.24) is 15.2 Å². The molecule has 2 atom stereocenters. The summed E-state index contributed by atoms with van der Waals surface area (Å²) < 4.78 is 16.3. The number of pyridine rings is 1. The molecule has 0 amide bonds. The van der Waals surface area contributed by atoms with E-state index in [2.05, 4.69) is 15.2 Å². The Morgan fingerprint density at radius 3 is 2.65 bits per heavy atom. The van der Waals surface area contributed by atoms with Crippen molar-refractivity contribution in [3.63, 3.8) is 0 Å². The topological polar surface area (TPSA) is 76.8 Å². The lowest BCUT2D eigenvalue weighted by molar-refractivity contribution is 0.0600. The average molecular weight is 438 g/mol. The summed E-state index contributed by atoms with van der Waals surface area (Å²) in [5.74, 6) is 1.10. The molecule has 0 spiro atoms. The molecule has 0 bridgehead atoms. The highest BCUT2D eigenvalue weighted by molar-refractivity contribution is 7.80. The second-order valence-corrected chi connectivity index (χ2v) is 7.47. The van der Waals surface area contributed by atoms with Gasteiger partial charge in [0.05, 0.1) is 31.0 Å². The zero-order chi connectivity index (χ0) is 21.8. The summed E-state index contributed by atoms with van der Waals surface area (Å²) in [6.07, 6.45) is 1.77. The van der Waals surface area contributed by atoms with Gasteiger partial charge in [-0.05, 0) is 48.6 Å². The monoisotopic (exact) mass is 437 g/mol. The average Bonchev–Trinajstić information content (AvgIpc) is 3.42. The number of hydrogen-bond donors (Lipinski definition) is 1. The van der Waals surface area contributed by atoms with Gasteiger partial charge in [0.15, 0.2) is 5.11 Å². The first kappa shape index (κ1) is 21.0. The molecule has 160 valence electrons. The number of benzene rings is 1. The van der Waals surface area contributed by atoms with Gasteiger partial charge in [-0.1, -0.05) is 18.2 Å². The second-order valence-electron chi connectivity index (χ2n) is 7.08. The predicted octanol–water partition coefficient (Wildman–Crippen LogP) is 3.75. The van der Waals surface area contributed by atoms with Crippen LogP contribution in [0.25, 0.3) is 11.3 Å². The highest BCUT2D eigenvalue weighted by Crippen LogP contribution is 2.40. The minimum atomic E-state index is -0.371. The molecule has 0 aliphatic carbocycles. The van der Waals surface area contributed by atoms with Gasteiger partial charge in [0.25, 0.3) is 0 Å². The van der Waals surface area contributed by atoms with Crippen molar-refractivity contribution in [2.45, 2.75) is 12.1 Å². The van der Waals surface area contributed by atoms with Crippen LogP contribution in [-0.4, -0.2) is 48.3 Å². The van der Waals surface area contributed by atoms with Gasteiger partial charge in [0.1, 0.15) is 17.6 Å². The van der Waals surface area contributed by atoms with Crippen LogP contribution in [0.5, 0.6) is 0 Å². The normalized spacial score (nSPS) is 18.1. The molecule has 1 aliphatic rings. The van der Waals surface area contributed by atoms with E-state index in [1.165, 1.54) is 7.11 Å². The summed E-state index contributed by atoms with van der Waals surface area (Å²) >= 11 is 5.60. The molecule has 1 saturated heterocycles. The van der Waals surface area contributed by atoms with E-state index in [9.17, 15) is 4.79 Å². The number of esters is 1. The number of thiocarbonyl (C=S) groups is 1. The SMILES string of the molecule is COCCN1C(=S)N[C@H](c2ccccn2)[C@@H]1c1ccc(-c2ccc(C(=O)OC)cc2)o1. The molecule has 1 aromatic carbocycles. The van der Waals surface area contributed by atoms with Crippen LogP contribution in [0.1, 0.15) is 33.9 Å². The van der Waals surface area contributed by atoms with Crippen LogP contribution in [0.3, 0.4) is 0 Å². The highest BCUT2D eigenvalue weighted by Gasteiger charge is 2.41. The van der Waals surface area contributed by atoms with Crippen LogP contribution in [-0.2, 0) is 9.47 Å². The zero-order valence-corrected chi connectivity index (χ0v) is 18.1. The third-order valence-corrected chi connectivity index (χ3v) is 5.60. The highest BCUT2D eigenvalue weighted by atomic mass is 32.1. The first-order valence-corrected chi connectivity index (χ1v) is 10.3. The van der Waals surface area contributed by atoms with Gasteiger partial charge in [0.2, 0.25) is 0 Å². The van der Waals surface area contributed by atoms with Gasteiger partial charge in [-0.3, -0.25) is 4.98 Å². The van der Waals surface area contributed by atoms with E-state index in [0.717, 1.165) is 17.0 Å². The number of nitrogens with one attached hydrogen (secondary N) is 1. The number of carbonyl (C=O) groups excluding carboxylic acids is 1. The van der Waals surface area contributed by atoms with Crippen molar-refractivity contribution in [2.24, 2.45) is 0 Å². The molecule has 31 heavy (non-hydrogen) atoms. The first-order chi connectivity index (χ1) is 15.1. The van der Waals surface area contributed by atoms with E-state index in [0.29, 0.717) is 29.6 Å². The number of methoxy groups -OCH3 is 2. The third kappa shape index (κ3) is 4.30. The van der Waals surface area contributed by atoms with Crippen molar-refractivity contribution < 1.29 is 18.7 Å². The Morgan fingerprint density at radius 2 is 1.97 bits per heavy atom. The van der Waals surface area contributed by atoms with E-state index >= 15 is 0 Å². The fraction of sp³-hybridized carbons (Fsp3) is 0.261. The van der Waals surface area contributed by atoms with Crippen LogP contribution in [0.2, 0.25) is 0 Å². The summed E-state index contributed by atoms with van der Waals surface area (Å²) in [5.41, 5.74) is 2.24. The fourth-order valence-corrected chi connectivity index (χ4v) is 4.03. The lowest BCUT2D eigenvalue weighted by Gasteiger charge is -2.25. The van der Waals surface area contributed by atoms with Crippen molar-refractivity contribution >= 4 is 23.3 Å². The quantitative estimate of drug-likeness (QED) is 0.442. The lowest BCUT2D eigenvalue weighted by Crippen LogP contribution is -2.32. The Bertz CT molecular complexity index is 1050. The van der Waals surface area contributed by atoms with Gasteiger partial charge in [0, 0.05) is 25.4 Å². The summed E-state index contributed by atoms with van der Waals surface area (Å²) in [6.45, 7) is 1.16. The Morgan fingerprint density at radius 1 is 1.16 bits per heavy atom. The van der Waals surface area contributed by atoms with Gasteiger partial charge in [-0.2, -0.15) is 0 Å². The molecule has 0 radical (unpaired) electrons. The van der Waals surface area contributed by atoms with Gasteiger partial charge in [-0.25, -0.2) is 4.79 Å². The molecule has 0 unspecified atom stereocenters. The van der Waals surface area contributed by atoms with Crippen molar-refractivity contribution in [1.29, 1.82) is 0 Å². The smallest absolute Gasteiger partial charge is 0.337 e. The fourth-order valence-electron chi connectivity index (χ4n) is 3.70. The summed E-state index contributed by atoms with van der Waals surface area (Å²) in [6, 6.07) is 16.5. The molecule has 7 nitrogen and oxygen atoms in total. The maximum atomic E-state index is 11.7. The standard InChI is InChI=1S/C23H23N3O4S/c1-28-14-13-26-21(20(25-23(26)31)17-5-3-4-12-24-17)19-11-10-18(30-19)15-6-8-16(9-7-15)22(27)29-2/h3-12,20-21H,13-14H2,1-2H3,(H,25,31)/t20-,21+/m1/s1. The van der Waals surface area contributed by atoms with E-state index in [4.69, 9.17) is 26.1 Å². The van der Waals surface area contributed by atoms with Crippen LogP contribution >= 0.6 is 12.2 Å². The lowest BCUT2D eigenvalue weighted by atomic mass is 10.0. The summed E-state index contributed by atoms with van der Waals surface area (Å²) in [4.78, 5) is 18.3. The van der Waals surface area contributed by atoms with Crippen LogP contribution < -0.4 is 5.32 Å². The molecular weight excluding hydrogens is 414 g/mol. The Hall–Kier alpha value is -3.23.